The van der Waals surface area contributed by atoms with E-state index in [0.29, 0.717) is 27.8 Å². The van der Waals surface area contributed by atoms with Crippen LogP contribution in [0.15, 0.2) is 60.7 Å². The van der Waals surface area contributed by atoms with Crippen LogP contribution in [-0.4, -0.2) is 16.1 Å². The molecule has 0 spiro atoms. The van der Waals surface area contributed by atoms with E-state index >= 15 is 0 Å². The lowest BCUT2D eigenvalue weighted by atomic mass is 9.87. The monoisotopic (exact) mass is 596 g/mol. The highest BCUT2D eigenvalue weighted by atomic mass is 35.5. The number of rotatable bonds is 6. The maximum atomic E-state index is 13.0. The molecule has 37 heavy (non-hydrogen) atoms. The van der Waals surface area contributed by atoms with Crippen molar-refractivity contribution >= 4 is 75.5 Å². The fourth-order valence-electron chi connectivity index (χ4n) is 4.22. The molecule has 0 aromatic heterocycles. The highest BCUT2D eigenvalue weighted by molar-refractivity contribution is 6.53. The van der Waals surface area contributed by atoms with Gasteiger partial charge in [0.15, 0.2) is 0 Å². The molecule has 0 heterocycles. The fraction of sp³-hybridized carbons (Fsp3) is 0.286. The Labute approximate surface area is 241 Å². The van der Waals surface area contributed by atoms with E-state index in [4.69, 9.17) is 58.0 Å². The van der Waals surface area contributed by atoms with Crippen molar-refractivity contribution in [2.24, 2.45) is 5.92 Å². The van der Waals surface area contributed by atoms with E-state index in [9.17, 15) is 9.59 Å². The van der Waals surface area contributed by atoms with Crippen LogP contribution in [0.4, 0.5) is 5.69 Å². The maximum absolute atomic E-state index is 13.0. The summed E-state index contributed by atoms with van der Waals surface area (Å²) in [6.45, 7) is 6.78. The van der Waals surface area contributed by atoms with Gasteiger partial charge in [0, 0.05) is 28.2 Å². The Morgan fingerprint density at radius 2 is 1.51 bits per heavy atom. The van der Waals surface area contributed by atoms with Gasteiger partial charge in [0.2, 0.25) is 5.91 Å². The van der Waals surface area contributed by atoms with Crippen molar-refractivity contribution in [2.75, 3.05) is 5.32 Å². The Hall–Kier alpha value is -1.95. The number of hydrogen-bond donors (Lipinski definition) is 2. The lowest BCUT2D eigenvalue weighted by Gasteiger charge is -2.19. The number of alkyl halides is 2. The zero-order valence-corrected chi connectivity index (χ0v) is 24.1. The van der Waals surface area contributed by atoms with Crippen molar-refractivity contribution in [1.29, 1.82) is 0 Å². The quantitative estimate of drug-likeness (QED) is 0.280. The predicted octanol–water partition coefficient (Wildman–Crippen LogP) is 8.40. The van der Waals surface area contributed by atoms with Gasteiger partial charge in [-0.15, -0.1) is 23.2 Å². The van der Waals surface area contributed by atoms with Crippen LogP contribution >= 0.6 is 58.0 Å². The molecule has 1 fully saturated rings. The zero-order valence-electron chi connectivity index (χ0n) is 20.3. The second-order valence-electron chi connectivity index (χ2n) is 10.1. The van der Waals surface area contributed by atoms with Crippen molar-refractivity contribution in [3.05, 3.63) is 98.0 Å². The number of halogens is 5. The predicted molar refractivity (Wildman–Crippen MR) is 154 cm³/mol. The molecule has 1 aliphatic rings. The van der Waals surface area contributed by atoms with Gasteiger partial charge in [-0.05, 0) is 58.5 Å². The van der Waals surface area contributed by atoms with Crippen LogP contribution < -0.4 is 10.6 Å². The minimum absolute atomic E-state index is 0.0500. The van der Waals surface area contributed by atoms with Crippen molar-refractivity contribution in [2.45, 2.75) is 43.0 Å². The topological polar surface area (TPSA) is 58.2 Å². The number of carbonyl (C=O) groups is 2. The summed E-state index contributed by atoms with van der Waals surface area (Å²) in [6, 6.07) is 17.7. The SMILES string of the molecule is CC(C)(C)c1ccc(CNC(=O)c2cc(NC(=O)C3C(c4cc(Cl)cc(Cl)c4)C3(Cl)Cl)ccc2Cl)cc1. The molecule has 2 N–H and O–H groups in total. The molecule has 0 radical (unpaired) electrons. The van der Waals surface area contributed by atoms with E-state index in [1.807, 2.05) is 12.1 Å². The molecule has 0 saturated heterocycles. The summed E-state index contributed by atoms with van der Waals surface area (Å²) in [6.07, 6.45) is 0. The molecule has 3 aromatic carbocycles. The Morgan fingerprint density at radius 1 is 0.892 bits per heavy atom. The first-order valence-electron chi connectivity index (χ1n) is 11.6. The Morgan fingerprint density at radius 3 is 2.11 bits per heavy atom. The van der Waals surface area contributed by atoms with E-state index in [0.717, 1.165) is 5.56 Å². The lowest BCUT2D eigenvalue weighted by molar-refractivity contribution is -0.117. The number of anilines is 1. The first-order chi connectivity index (χ1) is 17.3. The van der Waals surface area contributed by atoms with Crippen LogP contribution in [0.5, 0.6) is 0 Å². The fourth-order valence-corrected chi connectivity index (χ4v) is 5.79. The summed E-state index contributed by atoms with van der Waals surface area (Å²) < 4.78 is -1.31. The van der Waals surface area contributed by atoms with Gasteiger partial charge in [-0.2, -0.15) is 0 Å². The third-order valence-corrected chi connectivity index (χ3v) is 8.04. The van der Waals surface area contributed by atoms with E-state index in [-0.39, 0.29) is 21.9 Å². The molecule has 2 amide bonds. The molecule has 4 nitrogen and oxygen atoms in total. The second-order valence-corrected chi connectivity index (χ2v) is 12.9. The summed E-state index contributed by atoms with van der Waals surface area (Å²) in [4.78, 5) is 25.9. The average Bonchev–Trinajstić information content (AvgIpc) is 3.40. The van der Waals surface area contributed by atoms with Crippen LogP contribution in [0.2, 0.25) is 15.1 Å². The summed E-state index contributed by atoms with van der Waals surface area (Å²) >= 11 is 31.4. The molecule has 4 rings (SSSR count). The third-order valence-electron chi connectivity index (χ3n) is 6.33. The summed E-state index contributed by atoms with van der Waals surface area (Å²) in [5.41, 5.74) is 3.53. The third kappa shape index (κ3) is 6.38. The molecule has 1 aliphatic carbocycles. The van der Waals surface area contributed by atoms with Gasteiger partial charge in [-0.1, -0.05) is 79.8 Å². The molecule has 9 heteroatoms. The first kappa shape index (κ1) is 28.1. The molecule has 2 atom stereocenters. The van der Waals surface area contributed by atoms with Crippen LogP contribution in [0.1, 0.15) is 53.7 Å². The summed E-state index contributed by atoms with van der Waals surface area (Å²) in [5.74, 6) is -1.96. The zero-order chi connectivity index (χ0) is 27.1. The van der Waals surface area contributed by atoms with E-state index < -0.39 is 22.1 Å². The molecule has 2 unspecified atom stereocenters. The van der Waals surface area contributed by atoms with Crippen LogP contribution in [0.3, 0.4) is 0 Å². The summed E-state index contributed by atoms with van der Waals surface area (Å²) in [7, 11) is 0. The molecule has 3 aromatic rings. The Kier molecular flexibility index (Phi) is 8.09. The Bertz CT molecular complexity index is 1330. The molecule has 194 valence electrons. The van der Waals surface area contributed by atoms with E-state index in [1.54, 1.807) is 30.3 Å². The molecular formula is C28H25Cl5N2O2. The van der Waals surface area contributed by atoms with Crippen molar-refractivity contribution in [3.8, 4) is 0 Å². The molecule has 0 bridgehead atoms. The number of benzene rings is 3. The summed E-state index contributed by atoms with van der Waals surface area (Å²) in [5, 5.41) is 6.79. The van der Waals surface area contributed by atoms with Crippen LogP contribution in [0, 0.1) is 5.92 Å². The smallest absolute Gasteiger partial charge is 0.253 e. The van der Waals surface area contributed by atoms with Crippen LogP contribution in [-0.2, 0) is 16.8 Å². The lowest BCUT2D eigenvalue weighted by Crippen LogP contribution is -2.24. The van der Waals surface area contributed by atoms with Gasteiger partial charge in [0.25, 0.3) is 5.91 Å². The molecule has 0 aliphatic heterocycles. The first-order valence-corrected chi connectivity index (χ1v) is 13.5. The van der Waals surface area contributed by atoms with Crippen molar-refractivity contribution < 1.29 is 9.59 Å². The Balaban J connectivity index is 1.43. The average molecular weight is 599 g/mol. The van der Waals surface area contributed by atoms with Gasteiger partial charge in [0.05, 0.1) is 16.5 Å². The highest BCUT2D eigenvalue weighted by Crippen LogP contribution is 2.65. The van der Waals surface area contributed by atoms with Gasteiger partial charge < -0.3 is 10.6 Å². The second kappa shape index (κ2) is 10.7. The van der Waals surface area contributed by atoms with E-state index in [1.165, 1.54) is 11.6 Å². The number of nitrogens with one attached hydrogen (secondary N) is 2. The minimum Gasteiger partial charge on any atom is -0.348 e. The van der Waals surface area contributed by atoms with Crippen LogP contribution in [0.25, 0.3) is 0 Å². The molecular weight excluding hydrogens is 574 g/mol. The normalized spacial score (nSPS) is 18.3. The largest absolute Gasteiger partial charge is 0.348 e. The van der Waals surface area contributed by atoms with Gasteiger partial charge in [-0.3, -0.25) is 9.59 Å². The van der Waals surface area contributed by atoms with E-state index in [2.05, 4.69) is 43.5 Å². The minimum atomic E-state index is -1.31. The maximum Gasteiger partial charge on any atom is 0.253 e. The van der Waals surface area contributed by atoms with Gasteiger partial charge >= 0.3 is 0 Å². The number of hydrogen-bond acceptors (Lipinski definition) is 2. The number of amides is 2. The standard InChI is InChI=1S/C28H25Cl5N2O2/c1-27(2,3)17-6-4-15(5-7-17)14-34-25(36)21-13-20(8-9-22(21)31)35-26(37)24-23(28(24,32)33)16-10-18(29)12-19(30)11-16/h4-13,23-24H,14H2,1-3H3,(H,34,36)(H,35,37). The van der Waals surface area contributed by atoms with Gasteiger partial charge in [0.1, 0.15) is 4.33 Å². The molecule has 1 saturated carbocycles. The van der Waals surface area contributed by atoms with Crippen molar-refractivity contribution in [1.82, 2.24) is 5.32 Å². The van der Waals surface area contributed by atoms with Crippen molar-refractivity contribution in [3.63, 3.8) is 0 Å². The highest BCUT2D eigenvalue weighted by Gasteiger charge is 2.67. The van der Waals surface area contributed by atoms with Gasteiger partial charge in [-0.25, -0.2) is 0 Å². The number of carbonyl (C=O) groups excluding carboxylic acids is 2.